The fraction of sp³-hybridized carbons (Fsp3) is 0.300. The molecule has 0 spiro atoms. The van der Waals surface area contributed by atoms with Crippen LogP contribution in [0.3, 0.4) is 0 Å². The number of halogens is 3. The first-order valence-electron chi connectivity index (χ1n) is 4.41. The molecule has 0 N–H and O–H groups in total. The molecule has 17 heavy (non-hydrogen) atoms. The van der Waals surface area contributed by atoms with Gasteiger partial charge in [-0.15, -0.1) is 11.6 Å². The summed E-state index contributed by atoms with van der Waals surface area (Å²) in [5, 5.41) is 8.76. The summed E-state index contributed by atoms with van der Waals surface area (Å²) in [6.07, 6.45) is -2.99. The van der Waals surface area contributed by atoms with Crippen LogP contribution in [0, 0.1) is 11.3 Å². The molecule has 90 valence electrons. The zero-order valence-electron chi connectivity index (χ0n) is 8.71. The van der Waals surface area contributed by atoms with E-state index in [1.807, 2.05) is 0 Å². The van der Waals surface area contributed by atoms with Gasteiger partial charge in [-0.3, -0.25) is 0 Å². The van der Waals surface area contributed by atoms with Crippen molar-refractivity contribution in [3.05, 3.63) is 28.6 Å². The van der Waals surface area contributed by atoms with Crippen molar-refractivity contribution in [2.24, 2.45) is 0 Å². The number of rotatable bonds is 3. The van der Waals surface area contributed by atoms with Crippen molar-refractivity contribution in [1.82, 2.24) is 4.98 Å². The lowest BCUT2D eigenvalue weighted by Crippen LogP contribution is -2.12. The molecular weight excluding hydrogens is 254 g/mol. The van der Waals surface area contributed by atoms with Gasteiger partial charge in [-0.25, -0.2) is 18.6 Å². The van der Waals surface area contributed by atoms with E-state index in [0.29, 0.717) is 0 Å². The molecule has 0 saturated carbocycles. The van der Waals surface area contributed by atoms with E-state index in [2.05, 4.69) is 9.72 Å². The first-order valence-corrected chi connectivity index (χ1v) is 4.95. The third-order valence-corrected chi connectivity index (χ3v) is 2.24. The standard InChI is InChI=1S/C10H7ClF2N2O2/c1-17-10(16)8-7(9(12)13)5(4-14)2-6(3-11)15-8/h2,9H,3H2,1H3. The average Bonchev–Trinajstić information content (AvgIpc) is 2.35. The summed E-state index contributed by atoms with van der Waals surface area (Å²) in [5.41, 5.74) is -1.47. The number of nitriles is 1. The Bertz CT molecular complexity index is 486. The molecule has 1 heterocycles. The third kappa shape index (κ3) is 2.68. The Hall–Kier alpha value is -1.74. The van der Waals surface area contributed by atoms with Crippen molar-refractivity contribution in [3.63, 3.8) is 0 Å². The van der Waals surface area contributed by atoms with E-state index >= 15 is 0 Å². The molecule has 0 aliphatic heterocycles. The highest BCUT2D eigenvalue weighted by Gasteiger charge is 2.25. The summed E-state index contributed by atoms with van der Waals surface area (Å²) in [4.78, 5) is 15.0. The molecule has 0 amide bonds. The van der Waals surface area contributed by atoms with Gasteiger partial charge in [0, 0.05) is 0 Å². The Morgan fingerprint density at radius 2 is 2.35 bits per heavy atom. The zero-order chi connectivity index (χ0) is 13.0. The smallest absolute Gasteiger partial charge is 0.357 e. The topological polar surface area (TPSA) is 63.0 Å². The van der Waals surface area contributed by atoms with Crippen LogP contribution >= 0.6 is 11.6 Å². The number of ether oxygens (including phenoxy) is 1. The number of carbonyl (C=O) groups is 1. The first-order chi connectivity index (χ1) is 8.04. The molecule has 7 heteroatoms. The highest BCUT2D eigenvalue weighted by molar-refractivity contribution is 6.16. The number of methoxy groups -OCH3 is 1. The van der Waals surface area contributed by atoms with Crippen LogP contribution in [0.1, 0.15) is 33.7 Å². The molecule has 0 atom stereocenters. The van der Waals surface area contributed by atoms with E-state index in [9.17, 15) is 13.6 Å². The van der Waals surface area contributed by atoms with Gasteiger partial charge >= 0.3 is 5.97 Å². The van der Waals surface area contributed by atoms with Crippen LogP contribution in [-0.4, -0.2) is 18.1 Å². The van der Waals surface area contributed by atoms with Gasteiger partial charge in [0.15, 0.2) is 5.69 Å². The summed E-state index contributed by atoms with van der Waals surface area (Å²) in [5.74, 6) is -1.12. The summed E-state index contributed by atoms with van der Waals surface area (Å²) >= 11 is 5.50. The average molecular weight is 261 g/mol. The van der Waals surface area contributed by atoms with Gasteiger partial charge in [-0.2, -0.15) is 5.26 Å². The number of pyridine rings is 1. The van der Waals surface area contributed by atoms with Crippen LogP contribution in [0.5, 0.6) is 0 Å². The van der Waals surface area contributed by atoms with Crippen molar-refractivity contribution in [1.29, 1.82) is 5.26 Å². The first kappa shape index (κ1) is 13.3. The van der Waals surface area contributed by atoms with Crippen molar-refractivity contribution >= 4 is 17.6 Å². The van der Waals surface area contributed by atoms with Crippen LogP contribution in [0.4, 0.5) is 8.78 Å². The highest BCUT2D eigenvalue weighted by Crippen LogP contribution is 2.27. The van der Waals surface area contributed by atoms with E-state index in [0.717, 1.165) is 13.2 Å². The van der Waals surface area contributed by atoms with Gasteiger partial charge in [0.05, 0.1) is 35.9 Å². The largest absolute Gasteiger partial charge is 0.464 e. The molecule has 1 rings (SSSR count). The van der Waals surface area contributed by atoms with Crippen LogP contribution in [-0.2, 0) is 10.6 Å². The van der Waals surface area contributed by atoms with Gasteiger partial charge in [0.1, 0.15) is 0 Å². The minimum Gasteiger partial charge on any atom is -0.464 e. The molecule has 0 aliphatic carbocycles. The number of hydrogen-bond donors (Lipinski definition) is 0. The number of alkyl halides is 3. The normalized spacial score (nSPS) is 10.1. The lowest BCUT2D eigenvalue weighted by Gasteiger charge is -2.09. The second kappa shape index (κ2) is 5.55. The van der Waals surface area contributed by atoms with Gasteiger partial charge < -0.3 is 4.74 Å². The van der Waals surface area contributed by atoms with Gasteiger partial charge in [-0.05, 0) is 6.07 Å². The van der Waals surface area contributed by atoms with Crippen LogP contribution < -0.4 is 0 Å². The summed E-state index contributed by atoms with van der Waals surface area (Å²) in [6, 6.07) is 2.71. The lowest BCUT2D eigenvalue weighted by atomic mass is 10.1. The molecule has 0 unspecified atom stereocenters. The third-order valence-electron chi connectivity index (χ3n) is 1.97. The van der Waals surface area contributed by atoms with Gasteiger partial charge in [-0.1, -0.05) is 0 Å². The predicted octanol–water partition coefficient (Wildman–Crippen LogP) is 2.42. The van der Waals surface area contributed by atoms with Crippen LogP contribution in [0.2, 0.25) is 0 Å². The van der Waals surface area contributed by atoms with Gasteiger partial charge in [0.2, 0.25) is 0 Å². The number of esters is 1. The van der Waals surface area contributed by atoms with E-state index in [1.165, 1.54) is 0 Å². The molecule has 0 saturated heterocycles. The second-order valence-electron chi connectivity index (χ2n) is 2.96. The molecule has 4 nitrogen and oxygen atoms in total. The predicted molar refractivity (Wildman–Crippen MR) is 54.8 cm³/mol. The number of nitrogens with zero attached hydrogens (tertiary/aromatic N) is 2. The minimum atomic E-state index is -2.99. The molecule has 0 aromatic carbocycles. The summed E-state index contributed by atoms with van der Waals surface area (Å²) < 4.78 is 29.9. The molecule has 0 radical (unpaired) electrons. The molecular formula is C10H7ClF2N2O2. The van der Waals surface area contributed by atoms with Crippen molar-refractivity contribution in [2.45, 2.75) is 12.3 Å². The Morgan fingerprint density at radius 1 is 1.71 bits per heavy atom. The fourth-order valence-corrected chi connectivity index (χ4v) is 1.38. The van der Waals surface area contributed by atoms with Crippen molar-refractivity contribution in [3.8, 4) is 6.07 Å². The summed E-state index contributed by atoms with van der Waals surface area (Å²) in [7, 11) is 1.04. The SMILES string of the molecule is COC(=O)c1nc(CCl)cc(C#N)c1C(F)F. The maximum Gasteiger partial charge on any atom is 0.357 e. The van der Waals surface area contributed by atoms with Crippen LogP contribution in [0.25, 0.3) is 0 Å². The van der Waals surface area contributed by atoms with Gasteiger partial charge in [0.25, 0.3) is 6.43 Å². The Labute approximate surface area is 101 Å². The molecule has 0 fully saturated rings. The lowest BCUT2D eigenvalue weighted by molar-refractivity contribution is 0.0581. The maximum atomic E-state index is 12.8. The quantitative estimate of drug-likeness (QED) is 0.618. The molecule has 1 aromatic heterocycles. The van der Waals surface area contributed by atoms with E-state index in [4.69, 9.17) is 16.9 Å². The Balaban J connectivity index is 3.53. The van der Waals surface area contributed by atoms with Crippen molar-refractivity contribution < 1.29 is 18.3 Å². The molecule has 0 bridgehead atoms. The van der Waals surface area contributed by atoms with Crippen molar-refractivity contribution in [2.75, 3.05) is 7.11 Å². The van der Waals surface area contributed by atoms with E-state index in [1.54, 1.807) is 6.07 Å². The van der Waals surface area contributed by atoms with Crippen LogP contribution in [0.15, 0.2) is 6.07 Å². The molecule has 1 aromatic rings. The summed E-state index contributed by atoms with van der Waals surface area (Å²) in [6.45, 7) is 0. The monoisotopic (exact) mass is 260 g/mol. The van der Waals surface area contributed by atoms with E-state index in [-0.39, 0.29) is 17.1 Å². The fourth-order valence-electron chi connectivity index (χ4n) is 1.24. The minimum absolute atomic E-state index is 0.0950. The Morgan fingerprint density at radius 3 is 2.76 bits per heavy atom. The van der Waals surface area contributed by atoms with E-state index < -0.39 is 23.7 Å². The Kier molecular flexibility index (Phi) is 4.35. The second-order valence-corrected chi connectivity index (χ2v) is 3.23. The zero-order valence-corrected chi connectivity index (χ0v) is 9.46. The number of aromatic nitrogens is 1. The highest BCUT2D eigenvalue weighted by atomic mass is 35.5. The number of hydrogen-bond acceptors (Lipinski definition) is 4. The number of carbonyl (C=O) groups excluding carboxylic acids is 1. The maximum absolute atomic E-state index is 12.8. The molecule has 0 aliphatic rings.